The van der Waals surface area contributed by atoms with Crippen LogP contribution in [0.2, 0.25) is 0 Å². The second kappa shape index (κ2) is 9.82. The van der Waals surface area contributed by atoms with Gasteiger partial charge in [-0.2, -0.15) is 39.5 Å². The lowest BCUT2D eigenvalue weighted by molar-refractivity contribution is -0.388. The monoisotopic (exact) mass is 575 g/mol. The van der Waals surface area contributed by atoms with Gasteiger partial charge in [0.25, 0.3) is 15.5 Å². The smallest absolute Gasteiger partial charge is 0.458 e. The molecule has 21 heteroatoms. The molecule has 1 rings (SSSR count). The van der Waals surface area contributed by atoms with Crippen molar-refractivity contribution in [1.82, 2.24) is 0 Å². The Balaban J connectivity index is 3.35. The van der Waals surface area contributed by atoms with Gasteiger partial charge in [-0.25, -0.2) is 17.2 Å². The third kappa shape index (κ3) is 5.98. The number of hydrogen-bond acceptors (Lipinski definition) is 7. The van der Waals surface area contributed by atoms with Crippen LogP contribution in [-0.2, 0) is 30.2 Å². The quantitative estimate of drug-likeness (QED) is 0.181. The Hall–Kier alpha value is -2.58. The zero-order valence-electron chi connectivity index (χ0n) is 16.0. The molecular formula is C14H8F11NO7S2. The molecule has 0 saturated carbocycles. The van der Waals surface area contributed by atoms with Gasteiger partial charge in [0.1, 0.15) is 10.6 Å². The molecule has 0 radical (unpaired) electrons. The fraction of sp³-hybridized carbons (Fsp3) is 0.500. The Morgan fingerprint density at radius 2 is 1.57 bits per heavy atom. The number of nitro benzene ring substituents is 1. The summed E-state index contributed by atoms with van der Waals surface area (Å²) in [6.07, 6.45) is -11.3. The Labute approximate surface area is 188 Å². The first-order valence-electron chi connectivity index (χ1n) is 8.06. The molecule has 8 nitrogen and oxygen atoms in total. The van der Waals surface area contributed by atoms with Crippen LogP contribution in [0.25, 0.3) is 0 Å². The van der Waals surface area contributed by atoms with E-state index >= 15 is 0 Å². The zero-order chi connectivity index (χ0) is 27.8. The summed E-state index contributed by atoms with van der Waals surface area (Å²) in [5.74, 6) is -15.4. The fourth-order valence-corrected chi connectivity index (χ4v) is 4.25. The molecule has 0 aromatic heterocycles. The van der Waals surface area contributed by atoms with Gasteiger partial charge in [-0.15, -0.1) is 0 Å². The van der Waals surface area contributed by atoms with Crippen molar-refractivity contribution >= 4 is 32.3 Å². The lowest BCUT2D eigenvalue weighted by atomic mass is 10.3. The largest absolute Gasteiger partial charge is 0.461 e. The van der Waals surface area contributed by atoms with Gasteiger partial charge in [0.15, 0.2) is 6.61 Å². The van der Waals surface area contributed by atoms with E-state index in [0.717, 1.165) is 0 Å². The van der Waals surface area contributed by atoms with E-state index in [0.29, 0.717) is 0 Å². The highest BCUT2D eigenvalue weighted by Crippen LogP contribution is 2.51. The maximum absolute atomic E-state index is 13.7. The first kappa shape index (κ1) is 30.5. The molecule has 1 atom stereocenters. The maximum atomic E-state index is 13.7. The molecule has 1 aromatic carbocycles. The summed E-state index contributed by atoms with van der Waals surface area (Å²) in [6.45, 7) is -2.21. The molecule has 0 N–H and O–H groups in total. The average Bonchev–Trinajstić information content (AvgIpc) is 2.70. The topological polar surface area (TPSA) is 121 Å². The molecule has 35 heavy (non-hydrogen) atoms. The third-order valence-electron chi connectivity index (χ3n) is 3.74. The Kier molecular flexibility index (Phi) is 8.54. The number of ether oxygens (including phenoxy) is 1. The molecule has 1 unspecified atom stereocenters. The minimum atomic E-state index is -7.15. The number of hydrogen-bond donors (Lipinski definition) is 0. The summed E-state index contributed by atoms with van der Waals surface area (Å²) in [7, 11) is -10.0. The van der Waals surface area contributed by atoms with Crippen molar-refractivity contribution in [2.75, 3.05) is 12.4 Å². The van der Waals surface area contributed by atoms with Crippen molar-refractivity contribution in [2.45, 2.75) is 39.5 Å². The SMILES string of the molecule is O=C(CS(=O)c1ccc(S(=O)(=O)C(F)(F)C(F)(F)C(F)(F)F)cc1[N+](=O)[O-])OCC(F)(F)C(F)F. The van der Waals surface area contributed by atoms with Gasteiger partial charge in [-0.05, 0) is 12.1 Å². The lowest BCUT2D eigenvalue weighted by Crippen LogP contribution is -2.55. The highest BCUT2D eigenvalue weighted by molar-refractivity contribution is 7.92. The van der Waals surface area contributed by atoms with Crippen molar-refractivity contribution in [1.29, 1.82) is 0 Å². The summed E-state index contributed by atoms with van der Waals surface area (Å²) in [6, 6.07) is -0.602. The van der Waals surface area contributed by atoms with E-state index in [1.165, 1.54) is 0 Å². The molecule has 0 aliphatic carbocycles. The van der Waals surface area contributed by atoms with Crippen LogP contribution in [0.15, 0.2) is 28.0 Å². The average molecular weight is 575 g/mol. The van der Waals surface area contributed by atoms with Crippen molar-refractivity contribution in [3.05, 3.63) is 28.3 Å². The predicted octanol–water partition coefficient (Wildman–Crippen LogP) is 3.71. The second-order valence-corrected chi connectivity index (χ2v) is 9.60. The van der Waals surface area contributed by atoms with E-state index in [1.54, 1.807) is 0 Å². The van der Waals surface area contributed by atoms with Gasteiger partial charge >= 0.3 is 35.7 Å². The molecule has 0 heterocycles. The molecule has 1 aromatic rings. The summed E-state index contributed by atoms with van der Waals surface area (Å²) >= 11 is 0. The van der Waals surface area contributed by atoms with Gasteiger partial charge in [0.05, 0.1) is 20.6 Å². The highest BCUT2D eigenvalue weighted by Gasteiger charge is 2.78. The third-order valence-corrected chi connectivity index (χ3v) is 6.88. The maximum Gasteiger partial charge on any atom is 0.461 e. The van der Waals surface area contributed by atoms with Gasteiger partial charge in [0, 0.05) is 6.07 Å². The first-order chi connectivity index (χ1) is 15.5. The number of alkyl halides is 11. The van der Waals surface area contributed by atoms with E-state index in [9.17, 15) is 75.8 Å². The fourth-order valence-electron chi connectivity index (χ4n) is 1.95. The zero-order valence-corrected chi connectivity index (χ0v) is 17.6. The van der Waals surface area contributed by atoms with Crippen LogP contribution in [0.3, 0.4) is 0 Å². The normalized spacial score (nSPS) is 14.6. The van der Waals surface area contributed by atoms with Gasteiger partial charge in [-0.3, -0.25) is 19.1 Å². The molecule has 0 amide bonds. The Morgan fingerprint density at radius 1 is 1.06 bits per heavy atom. The number of rotatable bonds is 10. The van der Waals surface area contributed by atoms with Crippen LogP contribution in [0.1, 0.15) is 0 Å². The van der Waals surface area contributed by atoms with Crippen LogP contribution < -0.4 is 0 Å². The number of esters is 1. The molecule has 0 aliphatic heterocycles. The number of sulfone groups is 1. The minimum Gasteiger partial charge on any atom is -0.458 e. The number of nitrogens with zero attached hydrogens (tertiary/aromatic N) is 1. The summed E-state index contributed by atoms with van der Waals surface area (Å²) in [4.78, 5) is 17.5. The molecule has 0 aliphatic rings. The molecule has 0 spiro atoms. The predicted molar refractivity (Wildman–Crippen MR) is 89.4 cm³/mol. The summed E-state index contributed by atoms with van der Waals surface area (Å²) < 4.78 is 179. The minimum absolute atomic E-state index is 0.0317. The van der Waals surface area contributed by atoms with Crippen molar-refractivity contribution in [2.24, 2.45) is 0 Å². The van der Waals surface area contributed by atoms with Gasteiger partial charge < -0.3 is 4.74 Å². The van der Waals surface area contributed by atoms with E-state index < -0.39 is 95.1 Å². The second-order valence-electron chi connectivity index (χ2n) is 6.19. The molecular weight excluding hydrogens is 567 g/mol. The van der Waals surface area contributed by atoms with Crippen molar-refractivity contribution < 1.29 is 75.4 Å². The summed E-state index contributed by atoms with van der Waals surface area (Å²) in [5.41, 5.74) is -1.73. The van der Waals surface area contributed by atoms with Crippen LogP contribution >= 0.6 is 0 Å². The highest BCUT2D eigenvalue weighted by atomic mass is 32.2. The molecule has 0 bridgehead atoms. The van der Waals surface area contributed by atoms with Gasteiger partial charge in [0.2, 0.25) is 0 Å². The van der Waals surface area contributed by atoms with Crippen molar-refractivity contribution in [3.8, 4) is 0 Å². The van der Waals surface area contributed by atoms with Crippen LogP contribution in [-0.4, -0.2) is 65.6 Å². The Bertz CT molecular complexity index is 1120. The molecule has 0 saturated heterocycles. The van der Waals surface area contributed by atoms with Crippen LogP contribution in [0.5, 0.6) is 0 Å². The van der Waals surface area contributed by atoms with E-state index in [4.69, 9.17) is 0 Å². The van der Waals surface area contributed by atoms with E-state index in [2.05, 4.69) is 4.74 Å². The summed E-state index contributed by atoms with van der Waals surface area (Å²) in [5, 5.41) is 4.22. The van der Waals surface area contributed by atoms with Crippen LogP contribution in [0.4, 0.5) is 54.0 Å². The number of halogens is 11. The molecule has 0 fully saturated rings. The van der Waals surface area contributed by atoms with E-state index in [1.807, 2.05) is 0 Å². The van der Waals surface area contributed by atoms with Crippen LogP contribution in [0, 0.1) is 10.1 Å². The first-order valence-corrected chi connectivity index (χ1v) is 10.9. The standard InChI is InChI=1S/C14H8F11NO7S2/c15-10(16)11(17,18)5-33-9(27)4-34(30)8-2-1-6(3-7(8)26(28)29)35(31,32)14(24,25)12(19,20)13(21,22)23/h1-3,10H,4-5H2. The number of benzene rings is 1. The lowest BCUT2D eigenvalue weighted by Gasteiger charge is -2.27. The molecule has 200 valence electrons. The van der Waals surface area contributed by atoms with Crippen molar-refractivity contribution in [3.63, 3.8) is 0 Å². The van der Waals surface area contributed by atoms with E-state index in [-0.39, 0.29) is 12.1 Å². The van der Waals surface area contributed by atoms with Gasteiger partial charge in [-0.1, -0.05) is 0 Å². The number of carbonyl (C=O) groups excluding carboxylic acids is 1. The number of carbonyl (C=O) groups is 1. The number of nitro groups is 1. The Morgan fingerprint density at radius 3 is 2.00 bits per heavy atom.